The van der Waals surface area contributed by atoms with E-state index in [0.717, 1.165) is 35.5 Å². The van der Waals surface area contributed by atoms with Gasteiger partial charge in [-0.05, 0) is 49.2 Å². The molecular weight excluding hydrogens is 390 g/mol. The van der Waals surface area contributed by atoms with E-state index < -0.39 is 0 Å². The van der Waals surface area contributed by atoms with Gasteiger partial charge >= 0.3 is 0 Å². The highest BCUT2D eigenvalue weighted by molar-refractivity contribution is 5.61. The first kappa shape index (κ1) is 19.0. The molecule has 0 saturated heterocycles. The number of nitriles is 1. The van der Waals surface area contributed by atoms with Crippen molar-refractivity contribution in [3.8, 4) is 23.0 Å². The molecule has 0 bridgehead atoms. The van der Waals surface area contributed by atoms with Gasteiger partial charge in [0.1, 0.15) is 0 Å². The van der Waals surface area contributed by atoms with Crippen molar-refractivity contribution < 1.29 is 0 Å². The van der Waals surface area contributed by atoms with Gasteiger partial charge in [0.05, 0.1) is 35.1 Å². The summed E-state index contributed by atoms with van der Waals surface area (Å²) in [5.74, 6) is 0.546. The minimum Gasteiger partial charge on any atom is -0.328 e. The van der Waals surface area contributed by atoms with Gasteiger partial charge in [-0.3, -0.25) is 4.68 Å². The molecule has 154 valence electrons. The Morgan fingerprint density at radius 2 is 2.00 bits per heavy atom. The van der Waals surface area contributed by atoms with Crippen molar-refractivity contribution in [2.45, 2.75) is 18.4 Å². The van der Waals surface area contributed by atoms with Gasteiger partial charge < -0.3 is 11.1 Å². The first-order chi connectivity index (χ1) is 15.2. The van der Waals surface area contributed by atoms with E-state index in [4.69, 9.17) is 11.0 Å². The number of anilines is 2. The van der Waals surface area contributed by atoms with E-state index >= 15 is 0 Å². The fourth-order valence-corrected chi connectivity index (χ4v) is 3.94. The topological polar surface area (TPSA) is 123 Å². The van der Waals surface area contributed by atoms with Gasteiger partial charge in [0.25, 0.3) is 0 Å². The molecule has 0 aliphatic heterocycles. The normalized spacial score (nSPS) is 20.1. The van der Waals surface area contributed by atoms with Crippen LogP contribution in [0, 0.1) is 17.2 Å². The van der Waals surface area contributed by atoms with E-state index in [1.165, 1.54) is 0 Å². The molecule has 0 amide bonds. The van der Waals surface area contributed by atoms with Gasteiger partial charge in [-0.15, -0.1) is 0 Å². The zero-order valence-electron chi connectivity index (χ0n) is 16.8. The smallest absolute Gasteiger partial charge is 0.227 e. The fraction of sp³-hybridized carbons (Fsp3) is 0.227. The number of benzene rings is 1. The van der Waals surface area contributed by atoms with Crippen LogP contribution in [0.15, 0.2) is 67.4 Å². The summed E-state index contributed by atoms with van der Waals surface area (Å²) < 4.78 is 3.69. The molecule has 0 atom stereocenters. The maximum Gasteiger partial charge on any atom is 0.227 e. The molecule has 9 heteroatoms. The predicted molar refractivity (Wildman–Crippen MR) is 115 cm³/mol. The summed E-state index contributed by atoms with van der Waals surface area (Å²) >= 11 is 0. The van der Waals surface area contributed by atoms with Crippen LogP contribution in [0.25, 0.3) is 16.9 Å². The Balaban J connectivity index is 1.33. The summed E-state index contributed by atoms with van der Waals surface area (Å²) in [7, 11) is 0. The molecule has 3 N–H and O–H groups in total. The van der Waals surface area contributed by atoms with Crippen LogP contribution in [-0.4, -0.2) is 36.1 Å². The van der Waals surface area contributed by atoms with Crippen LogP contribution < -0.4 is 11.1 Å². The van der Waals surface area contributed by atoms with Gasteiger partial charge in [-0.1, -0.05) is 0 Å². The molecule has 1 aliphatic carbocycles. The standard InChI is InChI=1S/C22H21N9/c23-12-16-10-22(11-16,15-24)31-14-17(13-27-31)20-6-8-25-21(29-20)28-18-2-4-19(5-3-18)30-9-1-7-26-30/h1-9,13-14,16H,10-11,15,24H2,(H,25,28,29). The Labute approximate surface area is 179 Å². The summed E-state index contributed by atoms with van der Waals surface area (Å²) in [5, 5.41) is 21.1. The lowest BCUT2D eigenvalue weighted by Gasteiger charge is -2.44. The van der Waals surface area contributed by atoms with E-state index in [1.807, 2.05) is 53.5 Å². The number of nitrogens with two attached hydrogens (primary N) is 1. The average molecular weight is 411 g/mol. The zero-order chi connectivity index (χ0) is 21.3. The van der Waals surface area contributed by atoms with Gasteiger partial charge in [-0.2, -0.15) is 15.5 Å². The largest absolute Gasteiger partial charge is 0.328 e. The highest BCUT2D eigenvalue weighted by atomic mass is 15.3. The molecule has 0 spiro atoms. The number of rotatable bonds is 6. The zero-order valence-corrected chi connectivity index (χ0v) is 16.8. The van der Waals surface area contributed by atoms with Gasteiger partial charge in [-0.25, -0.2) is 14.6 Å². The number of nitrogens with zero attached hydrogens (tertiary/aromatic N) is 7. The second kappa shape index (κ2) is 7.66. The van der Waals surface area contributed by atoms with Crippen molar-refractivity contribution >= 4 is 11.6 Å². The Kier molecular flexibility index (Phi) is 4.69. The van der Waals surface area contributed by atoms with Crippen molar-refractivity contribution in [3.05, 3.63) is 67.4 Å². The molecule has 0 unspecified atom stereocenters. The maximum absolute atomic E-state index is 9.11. The molecule has 1 aliphatic rings. The molecule has 3 aromatic heterocycles. The van der Waals surface area contributed by atoms with Gasteiger partial charge in [0.2, 0.25) is 5.95 Å². The van der Waals surface area contributed by atoms with Crippen LogP contribution in [0.1, 0.15) is 12.8 Å². The molecule has 0 radical (unpaired) electrons. The first-order valence-corrected chi connectivity index (χ1v) is 10.0. The molecule has 1 aromatic carbocycles. The number of aromatic nitrogens is 6. The lowest BCUT2D eigenvalue weighted by molar-refractivity contribution is 0.0926. The van der Waals surface area contributed by atoms with Crippen LogP contribution in [0.4, 0.5) is 11.6 Å². The third-order valence-corrected chi connectivity index (χ3v) is 5.73. The fourth-order valence-electron chi connectivity index (χ4n) is 3.94. The van der Waals surface area contributed by atoms with Crippen LogP contribution in [0.2, 0.25) is 0 Å². The second-order valence-electron chi connectivity index (χ2n) is 7.72. The lowest BCUT2D eigenvalue weighted by atomic mass is 9.69. The maximum atomic E-state index is 9.11. The van der Waals surface area contributed by atoms with Crippen molar-refractivity contribution in [2.75, 3.05) is 11.9 Å². The van der Waals surface area contributed by atoms with E-state index in [-0.39, 0.29) is 11.5 Å². The van der Waals surface area contributed by atoms with Crippen molar-refractivity contribution in [2.24, 2.45) is 11.7 Å². The monoisotopic (exact) mass is 411 g/mol. The van der Waals surface area contributed by atoms with E-state index in [9.17, 15) is 0 Å². The van der Waals surface area contributed by atoms with Crippen molar-refractivity contribution in [3.63, 3.8) is 0 Å². The predicted octanol–water partition coefficient (Wildman–Crippen LogP) is 2.86. The first-order valence-electron chi connectivity index (χ1n) is 10.0. The third-order valence-electron chi connectivity index (χ3n) is 5.73. The molecular formula is C22H21N9. The van der Waals surface area contributed by atoms with Gasteiger partial charge in [0.15, 0.2) is 0 Å². The molecule has 31 heavy (non-hydrogen) atoms. The minimum absolute atomic E-state index is 0.0470. The van der Waals surface area contributed by atoms with Crippen molar-refractivity contribution in [1.29, 1.82) is 5.26 Å². The van der Waals surface area contributed by atoms with Crippen LogP contribution in [0.5, 0.6) is 0 Å². The lowest BCUT2D eigenvalue weighted by Crippen LogP contribution is -2.51. The van der Waals surface area contributed by atoms with E-state index in [0.29, 0.717) is 12.5 Å². The van der Waals surface area contributed by atoms with Crippen LogP contribution in [-0.2, 0) is 5.54 Å². The summed E-state index contributed by atoms with van der Waals surface area (Å²) in [5.41, 5.74) is 9.23. The molecule has 1 fully saturated rings. The molecule has 4 aromatic rings. The average Bonchev–Trinajstić information content (AvgIpc) is 3.48. The molecule has 3 heterocycles. The summed E-state index contributed by atoms with van der Waals surface area (Å²) in [4.78, 5) is 8.96. The van der Waals surface area contributed by atoms with Crippen LogP contribution in [0.3, 0.4) is 0 Å². The minimum atomic E-state index is -0.275. The van der Waals surface area contributed by atoms with Crippen LogP contribution >= 0.6 is 0 Å². The molecule has 9 nitrogen and oxygen atoms in total. The Hall–Kier alpha value is -4.03. The summed E-state index contributed by atoms with van der Waals surface area (Å²) in [6, 6.07) is 13.9. The number of hydrogen-bond donors (Lipinski definition) is 2. The second-order valence-corrected chi connectivity index (χ2v) is 7.72. The molecule has 1 saturated carbocycles. The number of nitrogens with one attached hydrogen (secondary N) is 1. The number of hydrogen-bond acceptors (Lipinski definition) is 7. The molecule has 5 rings (SSSR count). The highest BCUT2D eigenvalue weighted by Crippen LogP contribution is 2.43. The Morgan fingerprint density at radius 3 is 2.71 bits per heavy atom. The van der Waals surface area contributed by atoms with Gasteiger partial charge in [0, 0.05) is 42.6 Å². The quantitative estimate of drug-likeness (QED) is 0.500. The Morgan fingerprint density at radius 1 is 1.16 bits per heavy atom. The van der Waals surface area contributed by atoms with Crippen molar-refractivity contribution in [1.82, 2.24) is 29.5 Å². The highest BCUT2D eigenvalue weighted by Gasteiger charge is 2.45. The SMILES string of the molecule is N#CC1CC(CN)(n2cc(-c3ccnc(Nc4ccc(-n5cccn5)cc4)n3)cn2)C1. The van der Waals surface area contributed by atoms with E-state index in [2.05, 4.69) is 31.6 Å². The Bertz CT molecular complexity index is 1210. The summed E-state index contributed by atoms with van der Waals surface area (Å²) in [6.45, 7) is 0.456. The third kappa shape index (κ3) is 3.53. The summed E-state index contributed by atoms with van der Waals surface area (Å²) in [6.07, 6.45) is 10.5. The van der Waals surface area contributed by atoms with E-state index in [1.54, 1.807) is 23.3 Å².